The average molecular weight is 368 g/mol. The van der Waals surface area contributed by atoms with Crippen LogP contribution in [0.4, 0.5) is 10.5 Å². The summed E-state index contributed by atoms with van der Waals surface area (Å²) in [7, 11) is 1.83. The minimum atomic E-state index is -0.927. The number of benzene rings is 2. The molecule has 5 heteroatoms. The van der Waals surface area contributed by atoms with Crippen molar-refractivity contribution in [1.29, 1.82) is 0 Å². The summed E-state index contributed by atoms with van der Waals surface area (Å²) in [6.45, 7) is 4.48. The first-order valence-electron chi connectivity index (χ1n) is 9.27. The summed E-state index contributed by atoms with van der Waals surface area (Å²) in [5.74, 6) is -0.692. The number of carbonyl (C=O) groups excluding carboxylic acids is 2. The van der Waals surface area contributed by atoms with E-state index in [0.29, 0.717) is 6.54 Å². The maximum atomic E-state index is 13.0. The van der Waals surface area contributed by atoms with E-state index in [9.17, 15) is 9.59 Å². The standard InChI is InChI=1S/C22H26NO4/c1-16(2)20(21(24)26-15-17-9-5-4-6-10-17)27-22(25)23(3)14-13-18-11-7-8-12-19(18)23/h4-12,16,20H,13-15H2,1-3H3/q+1/t20-,23?/m0/s1. The molecule has 1 heterocycles. The van der Waals surface area contributed by atoms with E-state index in [-0.39, 0.29) is 17.0 Å². The Morgan fingerprint density at radius 2 is 1.70 bits per heavy atom. The van der Waals surface area contributed by atoms with Crippen LogP contribution in [0.25, 0.3) is 0 Å². The van der Waals surface area contributed by atoms with Crippen molar-refractivity contribution in [2.75, 3.05) is 13.6 Å². The first-order valence-corrected chi connectivity index (χ1v) is 9.27. The number of esters is 1. The van der Waals surface area contributed by atoms with Gasteiger partial charge in [-0.1, -0.05) is 62.4 Å². The number of ether oxygens (including phenoxy) is 2. The van der Waals surface area contributed by atoms with Crippen molar-refractivity contribution in [3.8, 4) is 0 Å². The van der Waals surface area contributed by atoms with Crippen LogP contribution in [0, 0.1) is 5.92 Å². The molecule has 1 aliphatic rings. The number of amides is 1. The zero-order valence-corrected chi connectivity index (χ0v) is 16.1. The largest absolute Gasteiger partial charge is 0.521 e. The molecular weight excluding hydrogens is 342 g/mol. The van der Waals surface area contributed by atoms with Gasteiger partial charge < -0.3 is 9.47 Å². The fourth-order valence-electron chi connectivity index (χ4n) is 3.35. The molecule has 0 radical (unpaired) electrons. The molecule has 1 unspecified atom stereocenters. The maximum Gasteiger partial charge on any atom is 0.521 e. The third-order valence-electron chi connectivity index (χ3n) is 5.04. The van der Waals surface area contributed by atoms with Crippen LogP contribution in [-0.4, -0.2) is 31.8 Å². The third-order valence-corrected chi connectivity index (χ3v) is 5.04. The summed E-state index contributed by atoms with van der Waals surface area (Å²) in [4.78, 5) is 25.5. The lowest BCUT2D eigenvalue weighted by Crippen LogP contribution is -2.52. The van der Waals surface area contributed by atoms with Gasteiger partial charge in [0, 0.05) is 24.0 Å². The van der Waals surface area contributed by atoms with Crippen LogP contribution in [-0.2, 0) is 27.3 Å². The van der Waals surface area contributed by atoms with Crippen molar-refractivity contribution >= 4 is 17.7 Å². The Morgan fingerprint density at radius 3 is 2.41 bits per heavy atom. The summed E-state index contributed by atoms with van der Waals surface area (Å²) in [5.41, 5.74) is 2.97. The van der Waals surface area contributed by atoms with Gasteiger partial charge in [-0.25, -0.2) is 4.79 Å². The molecule has 0 fully saturated rings. The van der Waals surface area contributed by atoms with E-state index in [1.54, 1.807) is 0 Å². The van der Waals surface area contributed by atoms with Crippen molar-refractivity contribution in [2.45, 2.75) is 33.0 Å². The lowest BCUT2D eigenvalue weighted by Gasteiger charge is -2.28. The predicted molar refractivity (Wildman–Crippen MR) is 104 cm³/mol. The normalized spacial score (nSPS) is 19.4. The van der Waals surface area contributed by atoms with E-state index < -0.39 is 18.2 Å². The Labute approximate surface area is 160 Å². The number of hydrogen-bond acceptors (Lipinski definition) is 4. The molecule has 2 aromatic carbocycles. The van der Waals surface area contributed by atoms with Crippen molar-refractivity contribution in [1.82, 2.24) is 4.48 Å². The highest BCUT2D eigenvalue weighted by molar-refractivity contribution is 5.87. The SMILES string of the molecule is CC(C)[C@H](OC(=O)[N+]1(C)CCc2ccccc21)C(=O)OCc1ccccc1. The number of rotatable bonds is 5. The molecule has 0 aliphatic carbocycles. The Kier molecular flexibility index (Phi) is 5.61. The Balaban J connectivity index is 1.69. The topological polar surface area (TPSA) is 52.6 Å². The number of fused-ring (bicyclic) bond motifs is 1. The second kappa shape index (κ2) is 7.92. The molecule has 0 aromatic heterocycles. The highest BCUT2D eigenvalue weighted by Gasteiger charge is 2.45. The molecule has 0 saturated heterocycles. The van der Waals surface area contributed by atoms with Crippen LogP contribution in [0.15, 0.2) is 54.6 Å². The summed E-state index contributed by atoms with van der Waals surface area (Å²) >= 11 is 0. The molecule has 1 amide bonds. The monoisotopic (exact) mass is 368 g/mol. The molecule has 0 bridgehead atoms. The summed E-state index contributed by atoms with van der Waals surface area (Å²) < 4.78 is 11.1. The lowest BCUT2D eigenvalue weighted by molar-refractivity contribution is -0.157. The fraction of sp³-hybridized carbons (Fsp3) is 0.364. The van der Waals surface area contributed by atoms with Crippen LogP contribution in [0.5, 0.6) is 0 Å². The second-order valence-corrected chi connectivity index (χ2v) is 7.44. The molecule has 27 heavy (non-hydrogen) atoms. The summed E-state index contributed by atoms with van der Waals surface area (Å²) in [5, 5.41) is 0. The van der Waals surface area contributed by atoms with Crippen LogP contribution in [0.1, 0.15) is 25.0 Å². The van der Waals surface area contributed by atoms with Crippen molar-refractivity contribution in [3.05, 3.63) is 65.7 Å². The van der Waals surface area contributed by atoms with Gasteiger partial charge in [0.05, 0.1) is 13.6 Å². The van der Waals surface area contributed by atoms with Crippen LogP contribution in [0.3, 0.4) is 0 Å². The van der Waals surface area contributed by atoms with Gasteiger partial charge >= 0.3 is 12.1 Å². The zero-order valence-electron chi connectivity index (χ0n) is 16.1. The molecule has 2 aromatic rings. The third kappa shape index (κ3) is 4.03. The highest BCUT2D eigenvalue weighted by Crippen LogP contribution is 2.34. The van der Waals surface area contributed by atoms with Gasteiger partial charge in [-0.05, 0) is 5.56 Å². The van der Waals surface area contributed by atoms with Gasteiger partial charge in [0.1, 0.15) is 12.3 Å². The van der Waals surface area contributed by atoms with Gasteiger partial charge in [0.15, 0.2) is 0 Å². The lowest BCUT2D eigenvalue weighted by atomic mass is 10.1. The van der Waals surface area contributed by atoms with Crippen LogP contribution >= 0.6 is 0 Å². The molecule has 5 nitrogen and oxygen atoms in total. The molecule has 142 valence electrons. The molecule has 0 spiro atoms. The van der Waals surface area contributed by atoms with E-state index in [2.05, 4.69) is 0 Å². The second-order valence-electron chi connectivity index (χ2n) is 7.44. The number of likely N-dealkylation sites (N-methyl/N-ethyl adjacent to an activating group) is 1. The van der Waals surface area contributed by atoms with Gasteiger partial charge in [-0.15, -0.1) is 0 Å². The Morgan fingerprint density at radius 1 is 1.04 bits per heavy atom. The van der Waals surface area contributed by atoms with Gasteiger partial charge in [-0.2, -0.15) is 9.28 Å². The van der Waals surface area contributed by atoms with E-state index >= 15 is 0 Å². The molecule has 0 saturated carbocycles. The minimum absolute atomic E-state index is 0.0470. The van der Waals surface area contributed by atoms with Gasteiger partial charge in [0.25, 0.3) is 0 Å². The number of para-hydroxylation sites is 1. The predicted octanol–water partition coefficient (Wildman–Crippen LogP) is 4.08. The van der Waals surface area contributed by atoms with Crippen LogP contribution in [0.2, 0.25) is 0 Å². The smallest absolute Gasteiger partial charge is 0.458 e. The Hall–Kier alpha value is -2.66. The minimum Gasteiger partial charge on any atom is -0.458 e. The Bertz CT molecular complexity index is 818. The average Bonchev–Trinajstić information content (AvgIpc) is 3.03. The van der Waals surface area contributed by atoms with Gasteiger partial charge in [0.2, 0.25) is 6.10 Å². The number of quaternary nitrogens is 1. The van der Waals surface area contributed by atoms with Crippen molar-refractivity contribution in [3.63, 3.8) is 0 Å². The van der Waals surface area contributed by atoms with E-state index in [1.807, 2.05) is 75.5 Å². The molecule has 3 rings (SSSR count). The fourth-order valence-corrected chi connectivity index (χ4v) is 3.35. The first-order chi connectivity index (χ1) is 12.9. The molecule has 2 atom stereocenters. The highest BCUT2D eigenvalue weighted by atomic mass is 16.6. The summed E-state index contributed by atoms with van der Waals surface area (Å²) in [6.07, 6.45) is -0.536. The first kappa shape index (κ1) is 19.1. The maximum absolute atomic E-state index is 13.0. The van der Waals surface area contributed by atoms with E-state index in [0.717, 1.165) is 23.2 Å². The number of carbonyl (C=O) groups is 2. The molecule has 1 aliphatic heterocycles. The van der Waals surface area contributed by atoms with Crippen molar-refractivity contribution in [2.24, 2.45) is 5.92 Å². The van der Waals surface area contributed by atoms with Crippen molar-refractivity contribution < 1.29 is 19.1 Å². The van der Waals surface area contributed by atoms with Crippen LogP contribution < -0.4 is 4.48 Å². The molecular formula is C22H26NO4+. The quantitative estimate of drug-likeness (QED) is 0.589. The summed E-state index contributed by atoms with van der Waals surface area (Å²) in [6, 6.07) is 17.3. The van der Waals surface area contributed by atoms with E-state index in [4.69, 9.17) is 9.47 Å². The zero-order chi connectivity index (χ0) is 19.4. The van der Waals surface area contributed by atoms with E-state index in [1.165, 1.54) is 0 Å². The van der Waals surface area contributed by atoms with Gasteiger partial charge in [-0.3, -0.25) is 0 Å². The molecule has 0 N–H and O–H groups in total. The number of nitrogens with zero attached hydrogens (tertiary/aromatic N) is 1. The number of hydrogen-bond donors (Lipinski definition) is 0.